The Kier molecular flexibility index (Phi) is 4.69. The van der Waals surface area contributed by atoms with Gasteiger partial charge in [-0.2, -0.15) is 0 Å². The van der Waals surface area contributed by atoms with E-state index >= 15 is 0 Å². The van der Waals surface area contributed by atoms with E-state index in [4.69, 9.17) is 0 Å². The highest BCUT2D eigenvalue weighted by atomic mass is 32.1. The average Bonchev–Trinajstić information content (AvgIpc) is 3.34. The summed E-state index contributed by atoms with van der Waals surface area (Å²) >= 11 is 1.44. The molecule has 27 heavy (non-hydrogen) atoms. The number of carbonyl (C=O) groups excluding carboxylic acids is 1. The van der Waals surface area contributed by atoms with Crippen LogP contribution >= 0.6 is 11.3 Å². The molecule has 0 bridgehead atoms. The summed E-state index contributed by atoms with van der Waals surface area (Å²) in [7, 11) is 0. The van der Waals surface area contributed by atoms with Gasteiger partial charge in [0.1, 0.15) is 11.5 Å². The molecule has 0 amide bonds. The Morgan fingerprint density at radius 1 is 1.00 bits per heavy atom. The number of Topliss-reactive ketones (excluding diaryl/α,β-unsaturated/α-hetero) is 1. The molecule has 0 fully saturated rings. The maximum Gasteiger partial charge on any atom is 0.186 e. The lowest BCUT2D eigenvalue weighted by Gasteiger charge is -2.03. The van der Waals surface area contributed by atoms with Crippen LogP contribution in [0.3, 0.4) is 0 Å². The van der Waals surface area contributed by atoms with Crippen LogP contribution in [-0.2, 0) is 6.42 Å². The molecule has 1 N–H and O–H groups in total. The van der Waals surface area contributed by atoms with E-state index in [0.29, 0.717) is 12.1 Å². The Morgan fingerprint density at radius 2 is 1.74 bits per heavy atom. The maximum atomic E-state index is 12.2. The summed E-state index contributed by atoms with van der Waals surface area (Å²) in [6, 6.07) is 14.4. The van der Waals surface area contributed by atoms with Crippen LogP contribution in [0.5, 0.6) is 0 Å². The zero-order chi connectivity index (χ0) is 18.8. The summed E-state index contributed by atoms with van der Waals surface area (Å²) in [5, 5.41) is 1.79. The number of hydrogen-bond donors (Lipinski definition) is 1. The van der Waals surface area contributed by atoms with Crippen LogP contribution in [0.1, 0.15) is 27.2 Å². The van der Waals surface area contributed by atoms with Gasteiger partial charge in [-0.15, -0.1) is 11.3 Å². The van der Waals surface area contributed by atoms with Crippen LogP contribution in [-0.4, -0.2) is 20.7 Å². The molecule has 0 radical (unpaired) electrons. The predicted molar refractivity (Wildman–Crippen MR) is 109 cm³/mol. The number of aromatic nitrogens is 3. The zero-order valence-corrected chi connectivity index (χ0v) is 16.0. The van der Waals surface area contributed by atoms with Gasteiger partial charge >= 0.3 is 0 Å². The van der Waals surface area contributed by atoms with E-state index in [2.05, 4.69) is 47.0 Å². The molecule has 0 aliphatic heterocycles. The van der Waals surface area contributed by atoms with E-state index in [-0.39, 0.29) is 5.78 Å². The van der Waals surface area contributed by atoms with Crippen molar-refractivity contribution in [2.45, 2.75) is 20.3 Å². The molecule has 0 unspecified atom stereocenters. The fourth-order valence-corrected chi connectivity index (χ4v) is 3.71. The quantitative estimate of drug-likeness (QED) is 0.487. The Hall–Kier alpha value is -3.05. The lowest BCUT2D eigenvalue weighted by Crippen LogP contribution is -2.03. The number of hydrogen-bond acceptors (Lipinski definition) is 4. The number of aromatic amines is 1. The predicted octanol–water partition coefficient (Wildman–Crippen LogP) is 5.24. The topological polar surface area (TPSA) is 58.6 Å². The summed E-state index contributed by atoms with van der Waals surface area (Å²) in [5.41, 5.74) is 8.73. The minimum absolute atomic E-state index is 0.0441. The van der Waals surface area contributed by atoms with Crippen molar-refractivity contribution in [1.82, 2.24) is 15.0 Å². The Labute approximate surface area is 162 Å². The van der Waals surface area contributed by atoms with Gasteiger partial charge in [0, 0.05) is 17.4 Å². The van der Waals surface area contributed by atoms with Crippen molar-refractivity contribution in [3.63, 3.8) is 0 Å². The van der Waals surface area contributed by atoms with Crippen LogP contribution in [0, 0.1) is 13.8 Å². The molecule has 2 heterocycles. The van der Waals surface area contributed by atoms with Gasteiger partial charge in [0.05, 0.1) is 17.4 Å². The molecule has 4 aromatic rings. The highest BCUT2D eigenvalue weighted by molar-refractivity contribution is 7.07. The van der Waals surface area contributed by atoms with Crippen LogP contribution in [0.15, 0.2) is 59.6 Å². The van der Waals surface area contributed by atoms with Crippen LogP contribution in [0.25, 0.3) is 22.6 Å². The molecule has 0 spiro atoms. The molecular formula is C22H19N3OS. The lowest BCUT2D eigenvalue weighted by atomic mass is 10.0. The minimum atomic E-state index is 0.0441. The largest absolute Gasteiger partial charge is 0.338 e. The number of thiazole rings is 1. The molecule has 134 valence electrons. The van der Waals surface area contributed by atoms with Crippen molar-refractivity contribution < 1.29 is 4.79 Å². The van der Waals surface area contributed by atoms with Crippen molar-refractivity contribution >= 4 is 17.1 Å². The average molecular weight is 373 g/mol. The summed E-state index contributed by atoms with van der Waals surface area (Å²) in [5.74, 6) is 0.905. The maximum absolute atomic E-state index is 12.2. The third-order valence-electron chi connectivity index (χ3n) is 4.42. The third-order valence-corrected chi connectivity index (χ3v) is 5.01. The van der Waals surface area contributed by atoms with Gasteiger partial charge in [-0.1, -0.05) is 41.5 Å². The number of rotatable bonds is 5. The standard InChI is InChI=1S/C22H19N3OS/c1-14-7-15(2)9-18(8-14)22-23-11-19(25-22)17-5-3-16(4-6-17)10-21(26)20-12-27-13-24-20/h3-9,11-13H,10H2,1-2H3,(H,23,25). The summed E-state index contributed by atoms with van der Waals surface area (Å²) in [6.45, 7) is 4.18. The SMILES string of the molecule is Cc1cc(C)cc(-c2ncc(-c3ccc(CC(=O)c4cscn4)cc3)[nH]2)c1. The number of benzene rings is 2. The lowest BCUT2D eigenvalue weighted by molar-refractivity contribution is 0.0989. The number of nitrogens with zero attached hydrogens (tertiary/aromatic N) is 2. The highest BCUT2D eigenvalue weighted by Gasteiger charge is 2.10. The highest BCUT2D eigenvalue weighted by Crippen LogP contribution is 2.24. The van der Waals surface area contributed by atoms with E-state index in [1.165, 1.54) is 22.5 Å². The minimum Gasteiger partial charge on any atom is -0.338 e. The van der Waals surface area contributed by atoms with Crippen molar-refractivity contribution in [1.29, 1.82) is 0 Å². The third kappa shape index (κ3) is 3.88. The normalized spacial score (nSPS) is 10.9. The number of imidazole rings is 1. The number of carbonyl (C=O) groups is 1. The number of H-pyrrole nitrogens is 1. The second kappa shape index (κ2) is 7.29. The molecule has 2 aromatic heterocycles. The summed E-state index contributed by atoms with van der Waals surface area (Å²) in [4.78, 5) is 24.2. The van der Waals surface area contributed by atoms with Crippen molar-refractivity contribution in [2.24, 2.45) is 0 Å². The van der Waals surface area contributed by atoms with Crippen LogP contribution in [0.4, 0.5) is 0 Å². The van der Waals surface area contributed by atoms with Gasteiger partial charge < -0.3 is 4.98 Å². The Morgan fingerprint density at radius 3 is 2.41 bits per heavy atom. The smallest absolute Gasteiger partial charge is 0.186 e. The van der Waals surface area contributed by atoms with Gasteiger partial charge in [0.25, 0.3) is 0 Å². The molecule has 0 aliphatic carbocycles. The Balaban J connectivity index is 1.53. The molecule has 4 rings (SSSR count). The molecule has 0 aliphatic rings. The molecule has 0 atom stereocenters. The number of aryl methyl sites for hydroxylation is 2. The first-order valence-electron chi connectivity index (χ1n) is 8.73. The van der Waals surface area contributed by atoms with Gasteiger partial charge in [-0.3, -0.25) is 4.79 Å². The van der Waals surface area contributed by atoms with E-state index in [1.807, 2.05) is 30.5 Å². The fourth-order valence-electron chi connectivity index (χ4n) is 3.15. The first kappa shape index (κ1) is 17.4. The molecule has 2 aromatic carbocycles. The van der Waals surface area contributed by atoms with Gasteiger partial charge in [0.15, 0.2) is 5.78 Å². The second-order valence-electron chi connectivity index (χ2n) is 6.69. The molecule has 0 saturated carbocycles. The van der Waals surface area contributed by atoms with E-state index < -0.39 is 0 Å². The summed E-state index contributed by atoms with van der Waals surface area (Å²) in [6.07, 6.45) is 2.21. The molecular weight excluding hydrogens is 354 g/mol. The second-order valence-corrected chi connectivity index (χ2v) is 7.41. The summed E-state index contributed by atoms with van der Waals surface area (Å²) < 4.78 is 0. The monoisotopic (exact) mass is 373 g/mol. The van der Waals surface area contributed by atoms with Crippen LogP contribution in [0.2, 0.25) is 0 Å². The van der Waals surface area contributed by atoms with Gasteiger partial charge in [-0.05, 0) is 37.1 Å². The molecule has 5 heteroatoms. The van der Waals surface area contributed by atoms with Crippen molar-refractivity contribution in [3.8, 4) is 22.6 Å². The van der Waals surface area contributed by atoms with Gasteiger partial charge in [0.2, 0.25) is 0 Å². The van der Waals surface area contributed by atoms with E-state index in [9.17, 15) is 4.79 Å². The first-order chi connectivity index (χ1) is 13.1. The first-order valence-corrected chi connectivity index (χ1v) is 9.67. The van der Waals surface area contributed by atoms with E-state index in [0.717, 1.165) is 28.2 Å². The van der Waals surface area contributed by atoms with E-state index in [1.54, 1.807) is 10.9 Å². The van der Waals surface area contributed by atoms with Crippen molar-refractivity contribution in [2.75, 3.05) is 0 Å². The Bertz CT molecular complexity index is 1060. The number of nitrogens with one attached hydrogen (secondary N) is 1. The van der Waals surface area contributed by atoms with Gasteiger partial charge in [-0.25, -0.2) is 9.97 Å². The molecule has 0 saturated heterocycles. The number of ketones is 1. The zero-order valence-electron chi connectivity index (χ0n) is 15.2. The molecule has 4 nitrogen and oxygen atoms in total. The van der Waals surface area contributed by atoms with Crippen molar-refractivity contribution in [3.05, 3.63) is 81.9 Å². The van der Waals surface area contributed by atoms with Crippen LogP contribution < -0.4 is 0 Å². The fraction of sp³-hybridized carbons (Fsp3) is 0.136.